The van der Waals surface area contributed by atoms with E-state index < -0.39 is 16.8 Å². The summed E-state index contributed by atoms with van der Waals surface area (Å²) in [6.45, 7) is 32.4. The standard InChI is InChI=1S/2C26H41N3O2.C25H40N4O2/c1-4-31-17-26(30)12-10-20-19(15-26)5-6-22-21(20)9-11-25(3)23(7-8-24(22)25)18(2)16-29-14-13-27-28-29;1-4-31-17-26(30)12-10-20-19(15-26)5-6-22-21(20)9-11-25(3)23(7-8-24(22)25)18(2)16-29-27-13-14-28-29;1-16(14-29-27-17(2)26-28-29)22-7-8-23-21-6-5-18-13-25(30,15-31-4)12-10-19(18)20(21)9-11-24(22,23)3/h2*13-14,19-24,30H,2,4-12,15-17H2,1,3H3;18-23,30H,1,5-15H2,2-4H3/t2*19-,20-,21+,22+,23+,24-,25+,26+;18-,19-,20+,21+,22+,23-,24+,25+/m000/s1. The second-order valence-electron chi connectivity index (χ2n) is 34.4. The van der Waals surface area contributed by atoms with E-state index in [1.807, 2.05) is 31.6 Å². The molecule has 0 unspecified atom stereocenters. The van der Waals surface area contributed by atoms with Crippen molar-refractivity contribution in [1.82, 2.24) is 50.2 Å². The van der Waals surface area contributed by atoms with Gasteiger partial charge < -0.3 is 29.5 Å². The van der Waals surface area contributed by atoms with Crippen LogP contribution in [0.5, 0.6) is 0 Å². The minimum Gasteiger partial charge on any atom is -0.387 e. The normalized spacial score (nSPS) is 44.4. The van der Waals surface area contributed by atoms with Gasteiger partial charge >= 0.3 is 0 Å². The van der Waals surface area contributed by atoms with Gasteiger partial charge in [-0.15, -0.1) is 15.3 Å². The summed E-state index contributed by atoms with van der Waals surface area (Å²) < 4.78 is 18.5. The molecule has 16 heteroatoms. The van der Waals surface area contributed by atoms with Gasteiger partial charge in [-0.3, -0.25) is 0 Å². The van der Waals surface area contributed by atoms with Crippen molar-refractivity contribution in [2.45, 2.75) is 251 Å². The third kappa shape index (κ3) is 13.3. The number of rotatable bonds is 17. The highest BCUT2D eigenvalue weighted by Gasteiger charge is 2.62. The molecule has 24 atom stereocenters. The molecule has 0 saturated heterocycles. The predicted octanol–water partition coefficient (Wildman–Crippen LogP) is 13.9. The molecular weight excluding hydrogens is 1160 g/mol. The molecule has 0 aliphatic heterocycles. The van der Waals surface area contributed by atoms with Gasteiger partial charge in [-0.25, -0.2) is 4.68 Å². The first kappa shape index (κ1) is 67.9. The van der Waals surface area contributed by atoms with Crippen LogP contribution in [0.1, 0.15) is 214 Å². The summed E-state index contributed by atoms with van der Waals surface area (Å²) in [4.78, 5) is 3.51. The van der Waals surface area contributed by atoms with Crippen LogP contribution >= 0.6 is 0 Å². The second kappa shape index (κ2) is 27.6. The van der Waals surface area contributed by atoms with E-state index in [1.165, 1.54) is 152 Å². The lowest BCUT2D eigenvalue weighted by molar-refractivity contribution is -0.127. The highest BCUT2D eigenvalue weighted by Crippen LogP contribution is 2.69. The quantitative estimate of drug-likeness (QED) is 0.108. The van der Waals surface area contributed by atoms with Gasteiger partial charge in [0.15, 0.2) is 5.82 Å². The summed E-state index contributed by atoms with van der Waals surface area (Å²) in [6, 6.07) is 0. The number of aliphatic hydroxyl groups is 3. The average Bonchev–Trinajstić information content (AvgIpc) is 1.68. The zero-order chi connectivity index (χ0) is 65.1. The van der Waals surface area contributed by atoms with Crippen LogP contribution in [0.4, 0.5) is 0 Å². The zero-order valence-corrected chi connectivity index (χ0v) is 58.6. The number of hydrogen-bond donors (Lipinski definition) is 3. The van der Waals surface area contributed by atoms with E-state index in [1.54, 1.807) is 35.3 Å². The van der Waals surface area contributed by atoms with Crippen molar-refractivity contribution in [2.75, 3.05) is 40.1 Å². The molecule has 93 heavy (non-hydrogen) atoms. The van der Waals surface area contributed by atoms with E-state index >= 15 is 0 Å². The molecule has 3 N–H and O–H groups in total. The molecule has 516 valence electrons. The van der Waals surface area contributed by atoms with E-state index in [0.717, 1.165) is 128 Å². The average molecular weight is 1280 g/mol. The van der Waals surface area contributed by atoms with Crippen molar-refractivity contribution >= 4 is 0 Å². The van der Waals surface area contributed by atoms with Crippen LogP contribution in [0.2, 0.25) is 0 Å². The molecule has 12 aliphatic rings. The van der Waals surface area contributed by atoms with Gasteiger partial charge in [-0.05, 0) is 322 Å². The highest BCUT2D eigenvalue weighted by molar-refractivity contribution is 5.19. The molecule has 3 aromatic rings. The molecule has 3 heterocycles. The number of tetrazole rings is 1. The van der Waals surface area contributed by atoms with Crippen molar-refractivity contribution < 1.29 is 29.5 Å². The molecule has 15 rings (SSSR count). The fourth-order valence-electron chi connectivity index (χ4n) is 26.1. The smallest absolute Gasteiger partial charge is 0.171 e. The molecule has 3 aromatic heterocycles. The Labute approximate surface area is 558 Å². The fourth-order valence-corrected chi connectivity index (χ4v) is 26.1. The number of aryl methyl sites for hydroxylation is 1. The Morgan fingerprint density at radius 2 is 0.871 bits per heavy atom. The molecule has 0 amide bonds. The molecule has 12 fully saturated rings. The number of nitrogens with zero attached hydrogens (tertiary/aromatic N) is 10. The van der Waals surface area contributed by atoms with Gasteiger partial charge in [-0.1, -0.05) is 62.4 Å². The van der Waals surface area contributed by atoms with Crippen LogP contribution in [0.15, 0.2) is 61.2 Å². The van der Waals surface area contributed by atoms with Gasteiger partial charge in [-0.2, -0.15) is 19.8 Å². The largest absolute Gasteiger partial charge is 0.387 e. The lowest BCUT2D eigenvalue weighted by atomic mass is 9.48. The topological polar surface area (TPSA) is 193 Å². The SMILES string of the molecule is C=C(Cn1ccnn1)[C@H]1CC[C@H]2[C@@H]3CC[C@H]4C[C@@](O)(COCC)CC[C@@H]4[C@H]3CC[C@]12C.C=C(Cn1nccn1)[C@H]1CC[C@H]2[C@@H]3CC[C@H]4C[C@@](O)(COCC)CC[C@@H]4[C@H]3CC[C@]12C.C=C(Cn1nnc(C)n1)[C@H]1CC[C@H]2[C@@H]3CC[C@H]4C[C@@](O)(COC)CC[C@@H]4[C@H]3CC[C@]12C. The van der Waals surface area contributed by atoms with Crippen LogP contribution in [-0.2, 0) is 33.8 Å². The van der Waals surface area contributed by atoms with E-state index in [9.17, 15) is 15.3 Å². The summed E-state index contributed by atoms with van der Waals surface area (Å²) >= 11 is 0. The monoisotopic (exact) mass is 1280 g/mol. The third-order valence-electron chi connectivity index (χ3n) is 29.9. The minimum absolute atomic E-state index is 0.367. The maximum Gasteiger partial charge on any atom is 0.171 e. The first-order valence-electron chi connectivity index (χ1n) is 38.0. The molecule has 0 radical (unpaired) electrons. The van der Waals surface area contributed by atoms with E-state index in [4.69, 9.17) is 14.2 Å². The molecule has 0 spiro atoms. The summed E-state index contributed by atoms with van der Waals surface area (Å²) in [7, 11) is 1.72. The maximum atomic E-state index is 11.1. The van der Waals surface area contributed by atoms with Crippen molar-refractivity contribution in [3.05, 3.63) is 67.1 Å². The summed E-state index contributed by atoms with van der Waals surface area (Å²) in [5.74, 6) is 14.8. The highest BCUT2D eigenvalue weighted by atomic mass is 16.5. The van der Waals surface area contributed by atoms with Gasteiger partial charge in [0, 0.05) is 26.5 Å². The van der Waals surface area contributed by atoms with E-state index in [2.05, 4.69) is 76.4 Å². The van der Waals surface area contributed by atoms with Crippen LogP contribution in [0.3, 0.4) is 0 Å². The van der Waals surface area contributed by atoms with Crippen molar-refractivity contribution in [3.8, 4) is 0 Å². The van der Waals surface area contributed by atoms with E-state index in [0.29, 0.717) is 91.3 Å². The molecule has 0 aromatic carbocycles. The predicted molar refractivity (Wildman–Crippen MR) is 362 cm³/mol. The number of ether oxygens (including phenoxy) is 3. The summed E-state index contributed by atoms with van der Waals surface area (Å²) in [5.41, 5.74) is 3.38. The van der Waals surface area contributed by atoms with Crippen LogP contribution in [0, 0.1) is 130 Å². The van der Waals surface area contributed by atoms with Crippen LogP contribution in [0.25, 0.3) is 0 Å². The van der Waals surface area contributed by atoms with Gasteiger partial charge in [0.1, 0.15) is 0 Å². The number of hydrogen-bond acceptors (Lipinski definition) is 13. The van der Waals surface area contributed by atoms with Gasteiger partial charge in [0.25, 0.3) is 0 Å². The number of allylic oxidation sites excluding steroid dienone is 3. The number of methoxy groups -OCH3 is 1. The third-order valence-corrected chi connectivity index (χ3v) is 29.9. The Balaban J connectivity index is 0.000000127. The molecular formula is C77H122N10O6. The second-order valence-corrected chi connectivity index (χ2v) is 34.4. The number of aromatic nitrogens is 10. The summed E-state index contributed by atoms with van der Waals surface area (Å²) in [6.07, 6.45) is 40.4. The van der Waals surface area contributed by atoms with E-state index in [-0.39, 0.29) is 0 Å². The zero-order valence-electron chi connectivity index (χ0n) is 58.6. The lowest BCUT2D eigenvalue weighted by Crippen LogP contribution is -2.52. The molecule has 12 saturated carbocycles. The number of fused-ring (bicyclic) bond motifs is 15. The van der Waals surface area contributed by atoms with Gasteiger partial charge in [0.05, 0.1) is 74.8 Å². The molecule has 16 nitrogen and oxygen atoms in total. The molecule has 12 aliphatic carbocycles. The first-order valence-corrected chi connectivity index (χ1v) is 38.0. The van der Waals surface area contributed by atoms with Crippen molar-refractivity contribution in [3.63, 3.8) is 0 Å². The van der Waals surface area contributed by atoms with Crippen molar-refractivity contribution in [1.29, 1.82) is 0 Å². The molecule has 0 bridgehead atoms. The Hall–Kier alpha value is -3.67. The Morgan fingerprint density at radius 3 is 1.25 bits per heavy atom. The fraction of sp³-hybridized carbons (Fsp3) is 0.857. The Kier molecular flexibility index (Phi) is 20.1. The summed E-state index contributed by atoms with van der Waals surface area (Å²) in [5, 5.41) is 62.5. The Bertz CT molecular complexity index is 2880. The minimum atomic E-state index is -0.587. The lowest BCUT2D eigenvalue weighted by Gasteiger charge is -2.57. The Morgan fingerprint density at radius 1 is 0.473 bits per heavy atom. The first-order chi connectivity index (χ1) is 44.7. The van der Waals surface area contributed by atoms with Crippen LogP contribution in [-0.4, -0.2) is 122 Å². The van der Waals surface area contributed by atoms with Crippen LogP contribution < -0.4 is 0 Å². The maximum absolute atomic E-state index is 11.1. The van der Waals surface area contributed by atoms with Gasteiger partial charge in [0.2, 0.25) is 0 Å². The van der Waals surface area contributed by atoms with Crippen molar-refractivity contribution in [2.24, 2.45) is 123 Å².